The molecule has 1 unspecified atom stereocenters. The number of carboxylic acids is 1. The van der Waals surface area contributed by atoms with E-state index < -0.39 is 5.97 Å². The lowest BCUT2D eigenvalue weighted by molar-refractivity contribution is -0.136. The van der Waals surface area contributed by atoms with Crippen molar-refractivity contribution < 1.29 is 14.6 Å². The summed E-state index contributed by atoms with van der Waals surface area (Å²) in [5.74, 6) is -0.0844. The first-order chi connectivity index (χ1) is 9.72. The van der Waals surface area contributed by atoms with Crippen molar-refractivity contribution in [3.05, 3.63) is 65.2 Å². The van der Waals surface area contributed by atoms with E-state index in [0.717, 1.165) is 24.2 Å². The summed E-state index contributed by atoms with van der Waals surface area (Å²) in [4.78, 5) is 10.7. The standard InChI is InChI=1S/C17H16O3/c18-17(19)11-12-4-3-6-14(10-12)20-16-9-8-13-5-1-2-7-15(13)16/h1-7,10,16H,8-9,11H2,(H,18,19). The molecule has 3 rings (SSSR count). The number of hydrogen-bond donors (Lipinski definition) is 1. The van der Waals surface area contributed by atoms with Gasteiger partial charge in [-0.3, -0.25) is 4.79 Å². The van der Waals surface area contributed by atoms with Crippen LogP contribution in [0.25, 0.3) is 0 Å². The van der Waals surface area contributed by atoms with Gasteiger partial charge in [0.25, 0.3) is 0 Å². The third-order valence-corrected chi connectivity index (χ3v) is 3.61. The van der Waals surface area contributed by atoms with E-state index in [2.05, 4.69) is 18.2 Å². The topological polar surface area (TPSA) is 46.5 Å². The molecular weight excluding hydrogens is 252 g/mol. The van der Waals surface area contributed by atoms with E-state index in [0.29, 0.717) is 0 Å². The van der Waals surface area contributed by atoms with Crippen LogP contribution in [0.4, 0.5) is 0 Å². The molecule has 0 bridgehead atoms. The Balaban J connectivity index is 1.77. The van der Waals surface area contributed by atoms with Crippen LogP contribution in [-0.2, 0) is 17.6 Å². The van der Waals surface area contributed by atoms with E-state index in [9.17, 15) is 4.79 Å². The van der Waals surface area contributed by atoms with Gasteiger partial charge in [-0.2, -0.15) is 0 Å². The minimum atomic E-state index is -0.826. The average Bonchev–Trinajstić information content (AvgIpc) is 2.82. The number of fused-ring (bicyclic) bond motifs is 1. The minimum Gasteiger partial charge on any atom is -0.486 e. The highest BCUT2D eigenvalue weighted by Crippen LogP contribution is 2.34. The number of carboxylic acid groups (broad SMARTS) is 1. The number of carbonyl (C=O) groups is 1. The van der Waals surface area contributed by atoms with Gasteiger partial charge in [0.15, 0.2) is 0 Å². The van der Waals surface area contributed by atoms with E-state index in [1.54, 1.807) is 0 Å². The molecule has 0 amide bonds. The van der Waals surface area contributed by atoms with Crippen molar-refractivity contribution in [3.8, 4) is 5.75 Å². The summed E-state index contributed by atoms with van der Waals surface area (Å²) in [6, 6.07) is 15.7. The number of benzene rings is 2. The maximum Gasteiger partial charge on any atom is 0.307 e. The van der Waals surface area contributed by atoms with Crippen LogP contribution in [0.5, 0.6) is 5.75 Å². The fraction of sp³-hybridized carbons (Fsp3) is 0.235. The number of rotatable bonds is 4. The van der Waals surface area contributed by atoms with E-state index >= 15 is 0 Å². The molecule has 20 heavy (non-hydrogen) atoms. The van der Waals surface area contributed by atoms with E-state index in [4.69, 9.17) is 9.84 Å². The molecule has 0 heterocycles. The summed E-state index contributed by atoms with van der Waals surface area (Å²) in [6.07, 6.45) is 2.11. The molecule has 0 spiro atoms. The Morgan fingerprint density at radius 1 is 1.20 bits per heavy atom. The second-order valence-electron chi connectivity index (χ2n) is 5.06. The zero-order valence-electron chi connectivity index (χ0n) is 11.1. The molecule has 0 aromatic heterocycles. The normalized spacial score (nSPS) is 16.7. The van der Waals surface area contributed by atoms with Gasteiger partial charge < -0.3 is 9.84 Å². The first-order valence-electron chi connectivity index (χ1n) is 6.77. The Morgan fingerprint density at radius 2 is 2.05 bits per heavy atom. The smallest absolute Gasteiger partial charge is 0.307 e. The molecule has 0 saturated heterocycles. The molecule has 2 aromatic carbocycles. The van der Waals surface area contributed by atoms with Crippen molar-refractivity contribution in [2.24, 2.45) is 0 Å². The van der Waals surface area contributed by atoms with Crippen LogP contribution in [0, 0.1) is 0 Å². The Bertz CT molecular complexity index is 634. The molecule has 2 aromatic rings. The first-order valence-corrected chi connectivity index (χ1v) is 6.77. The molecule has 3 heteroatoms. The largest absolute Gasteiger partial charge is 0.486 e. The minimum absolute atomic E-state index is 0.0262. The molecular formula is C17H16O3. The lowest BCUT2D eigenvalue weighted by Gasteiger charge is -2.15. The van der Waals surface area contributed by atoms with E-state index in [1.165, 1.54) is 11.1 Å². The summed E-state index contributed by atoms with van der Waals surface area (Å²) in [5, 5.41) is 8.83. The monoisotopic (exact) mass is 268 g/mol. The molecule has 0 saturated carbocycles. The van der Waals surface area contributed by atoms with Gasteiger partial charge in [0.1, 0.15) is 11.9 Å². The molecule has 0 fully saturated rings. The Hall–Kier alpha value is -2.29. The first kappa shape index (κ1) is 12.7. The van der Waals surface area contributed by atoms with Crippen LogP contribution in [0.1, 0.15) is 29.2 Å². The molecule has 1 atom stereocenters. The zero-order chi connectivity index (χ0) is 13.9. The highest BCUT2D eigenvalue weighted by atomic mass is 16.5. The molecule has 0 aliphatic heterocycles. The second kappa shape index (κ2) is 5.37. The fourth-order valence-corrected chi connectivity index (χ4v) is 2.71. The Kier molecular flexibility index (Phi) is 3.42. The molecule has 102 valence electrons. The SMILES string of the molecule is O=C(O)Cc1cccc(OC2CCc3ccccc32)c1. The lowest BCUT2D eigenvalue weighted by atomic mass is 10.1. The van der Waals surface area contributed by atoms with Gasteiger partial charge >= 0.3 is 5.97 Å². The zero-order valence-corrected chi connectivity index (χ0v) is 11.1. The van der Waals surface area contributed by atoms with Crippen molar-refractivity contribution in [2.75, 3.05) is 0 Å². The van der Waals surface area contributed by atoms with Crippen LogP contribution in [0.2, 0.25) is 0 Å². The van der Waals surface area contributed by atoms with Crippen molar-refractivity contribution >= 4 is 5.97 Å². The van der Waals surface area contributed by atoms with Crippen LogP contribution in [0.15, 0.2) is 48.5 Å². The third kappa shape index (κ3) is 2.67. The predicted octanol–water partition coefficient (Wildman–Crippen LogP) is 3.38. The predicted molar refractivity (Wildman–Crippen MR) is 75.9 cm³/mol. The molecule has 1 aliphatic carbocycles. The van der Waals surface area contributed by atoms with Crippen molar-refractivity contribution in [1.29, 1.82) is 0 Å². The van der Waals surface area contributed by atoms with Gasteiger partial charge in [-0.1, -0.05) is 36.4 Å². The van der Waals surface area contributed by atoms with Crippen molar-refractivity contribution in [2.45, 2.75) is 25.4 Å². The van der Waals surface area contributed by atoms with Gasteiger partial charge in [0.05, 0.1) is 6.42 Å². The van der Waals surface area contributed by atoms with Gasteiger partial charge in [-0.15, -0.1) is 0 Å². The molecule has 3 nitrogen and oxygen atoms in total. The number of aliphatic carboxylic acids is 1. The highest BCUT2D eigenvalue weighted by Gasteiger charge is 2.23. The quantitative estimate of drug-likeness (QED) is 0.924. The van der Waals surface area contributed by atoms with Gasteiger partial charge in [-0.05, 0) is 41.7 Å². The summed E-state index contributed by atoms with van der Waals surface area (Å²) in [5.41, 5.74) is 3.36. The summed E-state index contributed by atoms with van der Waals surface area (Å²) in [7, 11) is 0. The summed E-state index contributed by atoms with van der Waals surface area (Å²) < 4.78 is 6.03. The van der Waals surface area contributed by atoms with E-state index in [1.807, 2.05) is 30.3 Å². The summed E-state index contributed by atoms with van der Waals surface area (Å²) >= 11 is 0. The molecule has 1 N–H and O–H groups in total. The van der Waals surface area contributed by atoms with Gasteiger partial charge in [0, 0.05) is 0 Å². The Morgan fingerprint density at radius 3 is 2.90 bits per heavy atom. The van der Waals surface area contributed by atoms with Crippen LogP contribution in [0.3, 0.4) is 0 Å². The number of ether oxygens (including phenoxy) is 1. The van der Waals surface area contributed by atoms with E-state index in [-0.39, 0.29) is 12.5 Å². The van der Waals surface area contributed by atoms with Crippen LogP contribution in [-0.4, -0.2) is 11.1 Å². The average molecular weight is 268 g/mol. The second-order valence-corrected chi connectivity index (χ2v) is 5.06. The third-order valence-electron chi connectivity index (χ3n) is 3.61. The highest BCUT2D eigenvalue weighted by molar-refractivity contribution is 5.70. The lowest BCUT2D eigenvalue weighted by Crippen LogP contribution is -2.04. The van der Waals surface area contributed by atoms with Crippen LogP contribution >= 0.6 is 0 Å². The van der Waals surface area contributed by atoms with Crippen LogP contribution < -0.4 is 4.74 Å². The number of hydrogen-bond acceptors (Lipinski definition) is 2. The molecule has 0 radical (unpaired) electrons. The summed E-state index contributed by atoms with van der Waals surface area (Å²) in [6.45, 7) is 0. The fourth-order valence-electron chi connectivity index (χ4n) is 2.71. The van der Waals surface area contributed by atoms with Crippen molar-refractivity contribution in [3.63, 3.8) is 0 Å². The molecule has 1 aliphatic rings. The Labute approximate surface area is 117 Å². The maximum absolute atomic E-state index is 10.7. The van der Waals surface area contributed by atoms with Crippen molar-refractivity contribution in [1.82, 2.24) is 0 Å². The maximum atomic E-state index is 10.7. The van der Waals surface area contributed by atoms with Gasteiger partial charge in [0.2, 0.25) is 0 Å². The number of aryl methyl sites for hydroxylation is 1. The van der Waals surface area contributed by atoms with Gasteiger partial charge in [-0.25, -0.2) is 0 Å².